The molecule has 0 spiro atoms. The molecule has 4 heteroatoms. The molecule has 1 heterocycles. The predicted octanol–water partition coefficient (Wildman–Crippen LogP) is 0.514. The largest absolute Gasteiger partial charge is 0.418 e. The Morgan fingerprint density at radius 1 is 1.54 bits per heavy atom. The first-order valence-corrected chi connectivity index (χ1v) is 7.14. The Morgan fingerprint density at radius 2 is 2.23 bits per heavy atom. The molecule has 1 saturated heterocycles. The quantitative estimate of drug-likeness (QED) is 0.656. The highest BCUT2D eigenvalue weighted by Gasteiger charge is 2.40. The van der Waals surface area contributed by atoms with Gasteiger partial charge in [0, 0.05) is 17.8 Å². The van der Waals surface area contributed by atoms with Crippen LogP contribution in [0.3, 0.4) is 0 Å². The monoisotopic (exact) mass is 202 g/mol. The molecule has 78 valence electrons. The van der Waals surface area contributed by atoms with Crippen molar-refractivity contribution >= 4 is 9.04 Å². The van der Waals surface area contributed by atoms with Crippen molar-refractivity contribution < 1.29 is 4.43 Å². The maximum absolute atomic E-state index is 6.33. The highest BCUT2D eigenvalue weighted by atomic mass is 28.3. The van der Waals surface area contributed by atoms with Crippen molar-refractivity contribution in [2.45, 2.75) is 50.4 Å². The van der Waals surface area contributed by atoms with Gasteiger partial charge in [-0.1, -0.05) is 13.3 Å². The fraction of sp³-hybridized carbons (Fsp3) is 1.00. The highest BCUT2D eigenvalue weighted by molar-refractivity contribution is 6.56. The summed E-state index contributed by atoms with van der Waals surface area (Å²) in [5, 5.41) is -0.194. The Labute approximate surface area is 82.5 Å². The van der Waals surface area contributed by atoms with E-state index in [-0.39, 0.29) is 11.2 Å². The van der Waals surface area contributed by atoms with E-state index in [0.717, 1.165) is 13.0 Å². The van der Waals surface area contributed by atoms with E-state index in [0.29, 0.717) is 0 Å². The molecular formula is C9H22N2OSi. The van der Waals surface area contributed by atoms with Crippen LogP contribution < -0.4 is 11.5 Å². The maximum atomic E-state index is 6.33. The fourth-order valence-corrected chi connectivity index (χ4v) is 5.17. The zero-order valence-electron chi connectivity index (χ0n) is 8.75. The van der Waals surface area contributed by atoms with Gasteiger partial charge in [-0.15, -0.1) is 0 Å². The van der Waals surface area contributed by atoms with Gasteiger partial charge in [-0.2, -0.15) is 0 Å². The number of hydrogen-bond donors (Lipinski definition) is 2. The van der Waals surface area contributed by atoms with Gasteiger partial charge in [0.25, 0.3) is 0 Å². The molecule has 0 radical (unpaired) electrons. The van der Waals surface area contributed by atoms with Crippen molar-refractivity contribution in [1.29, 1.82) is 0 Å². The molecule has 1 rings (SSSR count). The fourth-order valence-electron chi connectivity index (χ4n) is 2.01. The molecule has 0 amide bonds. The van der Waals surface area contributed by atoms with Crippen LogP contribution in [0.4, 0.5) is 0 Å². The van der Waals surface area contributed by atoms with Crippen molar-refractivity contribution in [1.82, 2.24) is 0 Å². The topological polar surface area (TPSA) is 61.3 Å². The molecule has 4 N–H and O–H groups in total. The lowest BCUT2D eigenvalue weighted by Gasteiger charge is -2.40. The molecule has 3 atom stereocenters. The molecule has 0 aromatic rings. The normalized spacial score (nSPS) is 30.9. The number of nitrogens with two attached hydrogens (primary N) is 2. The lowest BCUT2D eigenvalue weighted by Crippen LogP contribution is -2.65. The van der Waals surface area contributed by atoms with Gasteiger partial charge in [0.05, 0.1) is 0 Å². The van der Waals surface area contributed by atoms with Crippen LogP contribution in [0.15, 0.2) is 0 Å². The van der Waals surface area contributed by atoms with Gasteiger partial charge in [-0.3, -0.25) is 0 Å². The summed E-state index contributed by atoms with van der Waals surface area (Å²) in [5.41, 5.74) is 12.3. The van der Waals surface area contributed by atoms with Crippen LogP contribution in [0.25, 0.3) is 0 Å². The molecule has 0 saturated carbocycles. The Balaban J connectivity index is 2.62. The average molecular weight is 202 g/mol. The summed E-state index contributed by atoms with van der Waals surface area (Å²) < 4.78 is 5.83. The van der Waals surface area contributed by atoms with Crippen molar-refractivity contribution in [3.8, 4) is 0 Å². The molecule has 3 nitrogen and oxygen atoms in total. The highest BCUT2D eigenvalue weighted by Crippen LogP contribution is 2.23. The average Bonchev–Trinajstić information content (AvgIpc) is 2.17. The molecule has 1 aliphatic heterocycles. The van der Waals surface area contributed by atoms with Gasteiger partial charge >= 0.3 is 0 Å². The molecular weight excluding hydrogens is 180 g/mol. The molecule has 1 fully saturated rings. The number of rotatable bonds is 3. The zero-order chi connectivity index (χ0) is 9.90. The van der Waals surface area contributed by atoms with Crippen LogP contribution in [0.5, 0.6) is 0 Å². The minimum absolute atomic E-state index is 0.0623. The first-order chi connectivity index (χ1) is 6.11. The van der Waals surface area contributed by atoms with Gasteiger partial charge in [0.1, 0.15) is 0 Å². The predicted molar refractivity (Wildman–Crippen MR) is 58.0 cm³/mol. The molecule has 0 aliphatic carbocycles. The van der Waals surface area contributed by atoms with E-state index >= 15 is 0 Å². The third kappa shape index (κ3) is 2.31. The molecule has 13 heavy (non-hydrogen) atoms. The van der Waals surface area contributed by atoms with Crippen LogP contribution in [0.1, 0.15) is 33.1 Å². The third-order valence-electron chi connectivity index (χ3n) is 3.24. The summed E-state index contributed by atoms with van der Waals surface area (Å²) in [5.74, 6) is 0. The Bertz CT molecular complexity index is 160. The van der Waals surface area contributed by atoms with Crippen molar-refractivity contribution in [2.75, 3.05) is 6.61 Å². The first-order valence-electron chi connectivity index (χ1n) is 5.27. The summed E-state index contributed by atoms with van der Waals surface area (Å²) >= 11 is 0. The summed E-state index contributed by atoms with van der Waals surface area (Å²) in [6.45, 7) is 5.03. The van der Waals surface area contributed by atoms with E-state index < -0.39 is 9.04 Å². The third-order valence-corrected chi connectivity index (χ3v) is 6.94. The van der Waals surface area contributed by atoms with Gasteiger partial charge < -0.3 is 15.9 Å². The van der Waals surface area contributed by atoms with Crippen molar-refractivity contribution in [2.24, 2.45) is 11.5 Å². The summed E-state index contributed by atoms with van der Waals surface area (Å²) in [7, 11) is -1.26. The lowest BCUT2D eigenvalue weighted by atomic mass is 10.1. The van der Waals surface area contributed by atoms with E-state index in [1.165, 1.54) is 18.9 Å². The summed E-state index contributed by atoms with van der Waals surface area (Å²) in [6.07, 6.45) is 3.42. The minimum Gasteiger partial charge on any atom is -0.418 e. The molecule has 0 aromatic carbocycles. The van der Waals surface area contributed by atoms with E-state index in [1.807, 2.05) is 6.92 Å². The summed E-state index contributed by atoms with van der Waals surface area (Å²) in [6, 6.07) is 1.26. The van der Waals surface area contributed by atoms with E-state index in [1.54, 1.807) is 0 Å². The van der Waals surface area contributed by atoms with Gasteiger partial charge in [-0.05, 0) is 25.8 Å². The van der Waals surface area contributed by atoms with E-state index in [2.05, 4.69) is 6.92 Å². The zero-order valence-corrected chi connectivity index (χ0v) is 9.91. The van der Waals surface area contributed by atoms with Crippen LogP contribution in [0.2, 0.25) is 6.04 Å². The van der Waals surface area contributed by atoms with Gasteiger partial charge in [-0.25, -0.2) is 0 Å². The minimum atomic E-state index is -1.26. The second-order valence-corrected chi connectivity index (χ2v) is 7.07. The molecule has 3 unspecified atom stereocenters. The Hall–Kier alpha value is 0.0969. The molecule has 0 bridgehead atoms. The molecule has 0 aromatic heterocycles. The second kappa shape index (κ2) is 4.55. The Morgan fingerprint density at radius 3 is 2.62 bits per heavy atom. The van der Waals surface area contributed by atoms with Crippen molar-refractivity contribution in [3.05, 3.63) is 0 Å². The lowest BCUT2D eigenvalue weighted by molar-refractivity contribution is 0.253. The SMILES string of the molecule is CCC(N)(C(C)N)[SiH]1CCCCO1. The standard InChI is InChI=1S/C9H22N2OSi/c1-3-9(11,8(2)10)13-7-5-4-6-12-13/h8,13H,3-7,10-11H2,1-2H3. The van der Waals surface area contributed by atoms with Crippen LogP contribution in [-0.2, 0) is 4.43 Å². The van der Waals surface area contributed by atoms with Crippen LogP contribution >= 0.6 is 0 Å². The smallest absolute Gasteiger partial charge is 0.197 e. The number of hydrogen-bond acceptors (Lipinski definition) is 3. The van der Waals surface area contributed by atoms with Gasteiger partial charge in [0.15, 0.2) is 9.04 Å². The van der Waals surface area contributed by atoms with E-state index in [9.17, 15) is 0 Å². The second-order valence-electron chi connectivity index (χ2n) is 4.11. The first kappa shape index (κ1) is 11.2. The van der Waals surface area contributed by atoms with Gasteiger partial charge in [0.2, 0.25) is 0 Å². The van der Waals surface area contributed by atoms with Crippen LogP contribution in [0, 0.1) is 0 Å². The maximum Gasteiger partial charge on any atom is 0.197 e. The van der Waals surface area contributed by atoms with E-state index in [4.69, 9.17) is 15.9 Å². The molecule has 1 aliphatic rings. The Kier molecular flexibility index (Phi) is 3.91. The van der Waals surface area contributed by atoms with Crippen molar-refractivity contribution in [3.63, 3.8) is 0 Å². The summed E-state index contributed by atoms with van der Waals surface area (Å²) in [4.78, 5) is 0. The van der Waals surface area contributed by atoms with Crippen LogP contribution in [-0.4, -0.2) is 26.9 Å².